The summed E-state index contributed by atoms with van der Waals surface area (Å²) < 4.78 is 1.31. The first-order valence-corrected chi connectivity index (χ1v) is 15.9. The summed E-state index contributed by atoms with van der Waals surface area (Å²) in [6.45, 7) is 0.888. The van der Waals surface area contributed by atoms with Gasteiger partial charge in [0.15, 0.2) is 0 Å². The zero-order chi connectivity index (χ0) is 29.0. The van der Waals surface area contributed by atoms with E-state index in [2.05, 4.69) is 162 Å². The Morgan fingerprint density at radius 3 is 1.98 bits per heavy atom. The van der Waals surface area contributed by atoms with Crippen LogP contribution in [-0.2, 0) is 6.54 Å². The summed E-state index contributed by atoms with van der Waals surface area (Å²) >= 11 is 1.89. The Labute approximate surface area is 260 Å². The lowest BCUT2D eigenvalue weighted by molar-refractivity contribution is 0.878. The Morgan fingerprint density at radius 1 is 0.500 bits per heavy atom. The topological polar surface area (TPSA) is 15.3 Å². The van der Waals surface area contributed by atoms with Crippen LogP contribution in [0.15, 0.2) is 146 Å². The Bertz CT molecular complexity index is 2380. The Kier molecular flexibility index (Phi) is 5.78. The average molecular weight is 581 g/mol. The predicted octanol–water partition coefficient (Wildman–Crippen LogP) is 11.6. The maximum absolute atomic E-state index is 3.37. The summed E-state index contributed by atoms with van der Waals surface area (Å²) in [7, 11) is 0. The van der Waals surface area contributed by atoms with Crippen LogP contribution in [0.1, 0.15) is 10.4 Å². The van der Waals surface area contributed by atoms with Crippen LogP contribution < -0.4 is 10.2 Å². The largest absolute Gasteiger partial charge is 0.386 e. The molecule has 0 unspecified atom stereocenters. The predicted molar refractivity (Wildman–Crippen MR) is 190 cm³/mol. The molecule has 2 heterocycles. The molecular formula is C41H28N2S. The van der Waals surface area contributed by atoms with Crippen molar-refractivity contribution in [2.75, 3.05) is 4.90 Å². The molecule has 9 rings (SSSR count). The minimum atomic E-state index is 0.888. The standard InChI is InChI=1S/C41H28N2S/c1-2-6-27(7-3-1)28-10-14-31(15-11-28)43(33-17-21-38-39-22-23-42-26-41(39)44-40(38)25-33)32-16-20-35-30(24-32)13-19-36-34-9-5-4-8-29(34)12-18-37(35)36/h1-25,42H,26H2. The van der Waals surface area contributed by atoms with Gasteiger partial charge in [-0.1, -0.05) is 103 Å². The maximum atomic E-state index is 3.37. The Hall–Kier alpha value is -5.38. The summed E-state index contributed by atoms with van der Waals surface area (Å²) in [6, 6.07) is 51.1. The van der Waals surface area contributed by atoms with Gasteiger partial charge in [-0.2, -0.15) is 0 Å². The SMILES string of the molecule is C1=Cc2c(sc3cc(N(c4ccc(-c5ccccc5)cc4)c4ccc5c(ccc6c7ccccc7ccc56)c4)ccc23)CN1. The van der Waals surface area contributed by atoms with Crippen molar-refractivity contribution >= 4 is 76.9 Å². The van der Waals surface area contributed by atoms with Crippen molar-refractivity contribution < 1.29 is 0 Å². The molecule has 0 aliphatic carbocycles. The molecule has 1 aliphatic rings. The van der Waals surface area contributed by atoms with Crippen LogP contribution in [0.4, 0.5) is 17.1 Å². The molecule has 2 nitrogen and oxygen atoms in total. The van der Waals surface area contributed by atoms with E-state index >= 15 is 0 Å². The van der Waals surface area contributed by atoms with E-state index in [1.54, 1.807) is 0 Å². The highest BCUT2D eigenvalue weighted by atomic mass is 32.1. The fourth-order valence-corrected chi connectivity index (χ4v) is 7.92. The molecule has 0 bridgehead atoms. The molecule has 0 saturated carbocycles. The van der Waals surface area contributed by atoms with Gasteiger partial charge in [0.2, 0.25) is 0 Å². The van der Waals surface area contributed by atoms with E-state index in [0.717, 1.165) is 23.6 Å². The number of nitrogens with zero attached hydrogens (tertiary/aromatic N) is 1. The van der Waals surface area contributed by atoms with Crippen molar-refractivity contribution in [3.8, 4) is 11.1 Å². The van der Waals surface area contributed by atoms with E-state index < -0.39 is 0 Å². The molecular weight excluding hydrogens is 553 g/mol. The third-order valence-corrected chi connectivity index (χ3v) is 10.1. The summed E-state index contributed by atoms with van der Waals surface area (Å²) in [6.07, 6.45) is 4.26. The molecule has 0 radical (unpaired) electrons. The van der Waals surface area contributed by atoms with Gasteiger partial charge in [-0.3, -0.25) is 0 Å². The summed E-state index contributed by atoms with van der Waals surface area (Å²) in [4.78, 5) is 3.79. The zero-order valence-electron chi connectivity index (χ0n) is 24.0. The highest BCUT2D eigenvalue weighted by Crippen LogP contribution is 2.42. The summed E-state index contributed by atoms with van der Waals surface area (Å²) in [5, 5.41) is 12.4. The molecule has 8 aromatic rings. The van der Waals surface area contributed by atoms with Gasteiger partial charge < -0.3 is 10.2 Å². The fraction of sp³-hybridized carbons (Fsp3) is 0.0244. The maximum Gasteiger partial charge on any atom is 0.0495 e. The first-order valence-electron chi connectivity index (χ1n) is 15.1. The molecule has 0 fully saturated rings. The molecule has 0 saturated heterocycles. The number of rotatable bonds is 4. The molecule has 0 amide bonds. The van der Waals surface area contributed by atoms with Crippen molar-refractivity contribution in [1.82, 2.24) is 5.32 Å². The van der Waals surface area contributed by atoms with E-state index in [4.69, 9.17) is 0 Å². The van der Waals surface area contributed by atoms with Crippen molar-refractivity contribution in [1.29, 1.82) is 0 Å². The van der Waals surface area contributed by atoms with Gasteiger partial charge in [0.25, 0.3) is 0 Å². The number of thiophene rings is 1. The average Bonchev–Trinajstić information content (AvgIpc) is 3.47. The molecule has 208 valence electrons. The van der Waals surface area contributed by atoms with Crippen molar-refractivity contribution in [3.05, 3.63) is 156 Å². The second-order valence-electron chi connectivity index (χ2n) is 11.4. The van der Waals surface area contributed by atoms with E-state index in [1.807, 2.05) is 11.3 Å². The van der Waals surface area contributed by atoms with E-state index in [9.17, 15) is 0 Å². The first kappa shape index (κ1) is 25.1. The quantitative estimate of drug-likeness (QED) is 0.208. The van der Waals surface area contributed by atoms with Crippen molar-refractivity contribution in [2.45, 2.75) is 6.54 Å². The van der Waals surface area contributed by atoms with Crippen LogP contribution in [0.5, 0.6) is 0 Å². The van der Waals surface area contributed by atoms with Gasteiger partial charge >= 0.3 is 0 Å². The van der Waals surface area contributed by atoms with Crippen LogP contribution in [0.3, 0.4) is 0 Å². The number of fused-ring (bicyclic) bond motifs is 8. The second-order valence-corrected chi connectivity index (χ2v) is 12.6. The molecule has 1 N–H and O–H groups in total. The normalized spacial score (nSPS) is 12.5. The first-order chi connectivity index (χ1) is 21.8. The molecule has 1 aliphatic heterocycles. The minimum absolute atomic E-state index is 0.888. The van der Waals surface area contributed by atoms with Crippen molar-refractivity contribution in [3.63, 3.8) is 0 Å². The smallest absolute Gasteiger partial charge is 0.0495 e. The number of hydrogen-bond donors (Lipinski definition) is 1. The van der Waals surface area contributed by atoms with Gasteiger partial charge in [0, 0.05) is 38.6 Å². The molecule has 0 atom stereocenters. The van der Waals surface area contributed by atoms with Gasteiger partial charge in [0.05, 0.1) is 0 Å². The lowest BCUT2D eigenvalue weighted by Gasteiger charge is -2.26. The third kappa shape index (κ3) is 4.09. The van der Waals surface area contributed by atoms with E-state index in [0.29, 0.717) is 0 Å². The van der Waals surface area contributed by atoms with Gasteiger partial charge in [-0.25, -0.2) is 0 Å². The van der Waals surface area contributed by atoms with Crippen molar-refractivity contribution in [2.24, 2.45) is 0 Å². The number of hydrogen-bond acceptors (Lipinski definition) is 3. The van der Waals surface area contributed by atoms with E-state index in [1.165, 1.54) is 64.0 Å². The summed E-state index contributed by atoms with van der Waals surface area (Å²) in [5.41, 5.74) is 7.23. The van der Waals surface area contributed by atoms with Gasteiger partial charge in [-0.05, 0) is 97.7 Å². The number of anilines is 3. The fourth-order valence-electron chi connectivity index (χ4n) is 6.74. The number of benzene rings is 7. The minimum Gasteiger partial charge on any atom is -0.386 e. The molecule has 44 heavy (non-hydrogen) atoms. The Morgan fingerprint density at radius 2 is 1.14 bits per heavy atom. The molecule has 3 heteroatoms. The molecule has 1 aromatic heterocycles. The van der Waals surface area contributed by atoms with Gasteiger partial charge in [0.1, 0.15) is 0 Å². The lowest BCUT2D eigenvalue weighted by Crippen LogP contribution is -2.09. The summed E-state index contributed by atoms with van der Waals surface area (Å²) in [5.74, 6) is 0. The highest BCUT2D eigenvalue weighted by Gasteiger charge is 2.18. The number of nitrogens with one attached hydrogen (secondary N) is 1. The van der Waals surface area contributed by atoms with Gasteiger partial charge in [-0.15, -0.1) is 11.3 Å². The van der Waals surface area contributed by atoms with E-state index in [-0.39, 0.29) is 0 Å². The second kappa shape index (κ2) is 10.1. The lowest BCUT2D eigenvalue weighted by atomic mass is 9.96. The highest BCUT2D eigenvalue weighted by molar-refractivity contribution is 7.19. The Balaban J connectivity index is 1.21. The van der Waals surface area contributed by atoms with Crippen LogP contribution in [0.2, 0.25) is 0 Å². The van der Waals surface area contributed by atoms with Crippen LogP contribution >= 0.6 is 11.3 Å². The van der Waals surface area contributed by atoms with Crippen LogP contribution in [0, 0.1) is 0 Å². The third-order valence-electron chi connectivity index (χ3n) is 8.89. The van der Waals surface area contributed by atoms with Crippen LogP contribution in [0.25, 0.3) is 59.6 Å². The molecule has 0 spiro atoms. The molecule has 7 aromatic carbocycles. The van der Waals surface area contributed by atoms with Crippen LogP contribution in [-0.4, -0.2) is 0 Å². The zero-order valence-corrected chi connectivity index (χ0v) is 24.8. The monoisotopic (exact) mass is 580 g/mol.